The fourth-order valence-electron chi connectivity index (χ4n) is 2.25. The molecule has 2 nitrogen and oxygen atoms in total. The zero-order valence-electron chi connectivity index (χ0n) is 12.1. The van der Waals surface area contributed by atoms with Gasteiger partial charge in [0.2, 0.25) is 0 Å². The summed E-state index contributed by atoms with van der Waals surface area (Å²) in [5, 5.41) is 3.56. The topological polar surface area (TPSA) is 38.0 Å². The third-order valence-corrected chi connectivity index (χ3v) is 3.06. The van der Waals surface area contributed by atoms with E-state index in [2.05, 4.69) is 46.9 Å². The van der Waals surface area contributed by atoms with Crippen LogP contribution in [0.1, 0.15) is 54.4 Å². The maximum Gasteiger partial charge on any atom is 0.0213 e. The molecule has 2 heteroatoms. The van der Waals surface area contributed by atoms with E-state index in [4.69, 9.17) is 5.73 Å². The van der Waals surface area contributed by atoms with Crippen LogP contribution in [0.3, 0.4) is 0 Å². The Balaban J connectivity index is 3.72. The molecule has 0 rings (SSSR count). The van der Waals surface area contributed by atoms with Gasteiger partial charge in [-0.05, 0) is 36.6 Å². The van der Waals surface area contributed by atoms with Crippen molar-refractivity contribution in [1.82, 2.24) is 5.32 Å². The second kappa shape index (κ2) is 7.29. The Labute approximate surface area is 102 Å². The molecule has 0 saturated heterocycles. The summed E-state index contributed by atoms with van der Waals surface area (Å²) in [7, 11) is 0. The minimum absolute atomic E-state index is 0.449. The Hall–Kier alpha value is -0.0800. The van der Waals surface area contributed by atoms with E-state index < -0.39 is 0 Å². The average Bonchev–Trinajstić information content (AvgIpc) is 2.08. The van der Waals surface area contributed by atoms with Gasteiger partial charge in [-0.25, -0.2) is 0 Å². The van der Waals surface area contributed by atoms with Gasteiger partial charge < -0.3 is 11.1 Å². The van der Waals surface area contributed by atoms with Gasteiger partial charge in [0.25, 0.3) is 0 Å². The normalized spacial score (nSPS) is 16.5. The van der Waals surface area contributed by atoms with Gasteiger partial charge in [0.15, 0.2) is 0 Å². The summed E-state index contributed by atoms with van der Waals surface area (Å²) in [5.41, 5.74) is 6.18. The van der Waals surface area contributed by atoms with Gasteiger partial charge in [-0.2, -0.15) is 0 Å². The minimum atomic E-state index is 0.449. The van der Waals surface area contributed by atoms with Gasteiger partial charge >= 0.3 is 0 Å². The summed E-state index contributed by atoms with van der Waals surface area (Å²) in [6.45, 7) is 15.6. The van der Waals surface area contributed by atoms with Crippen molar-refractivity contribution in [3.05, 3.63) is 0 Å². The fourth-order valence-corrected chi connectivity index (χ4v) is 2.25. The molecule has 98 valence electrons. The van der Waals surface area contributed by atoms with E-state index in [1.165, 1.54) is 12.8 Å². The van der Waals surface area contributed by atoms with Gasteiger partial charge in [0, 0.05) is 12.6 Å². The molecular formula is C14H32N2. The molecule has 0 aliphatic rings. The molecule has 2 atom stereocenters. The van der Waals surface area contributed by atoms with Crippen LogP contribution in [-0.4, -0.2) is 19.1 Å². The standard InChI is InChI=1S/C14H32N2/c1-11(2)13(10-15)16-8-7-12(3)9-14(4,5)6/h11-13,16H,7-10,15H2,1-6H3. The maximum atomic E-state index is 5.73. The first-order chi connectivity index (χ1) is 7.26. The van der Waals surface area contributed by atoms with Crippen molar-refractivity contribution in [3.8, 4) is 0 Å². The molecule has 2 unspecified atom stereocenters. The molecule has 0 heterocycles. The molecule has 0 aromatic heterocycles. The van der Waals surface area contributed by atoms with Gasteiger partial charge in [0.1, 0.15) is 0 Å². The third-order valence-electron chi connectivity index (χ3n) is 3.06. The highest BCUT2D eigenvalue weighted by Gasteiger charge is 2.16. The van der Waals surface area contributed by atoms with Crippen LogP contribution < -0.4 is 11.1 Å². The van der Waals surface area contributed by atoms with E-state index in [1.54, 1.807) is 0 Å². The lowest BCUT2D eigenvalue weighted by Crippen LogP contribution is -2.41. The van der Waals surface area contributed by atoms with Crippen LogP contribution in [0.5, 0.6) is 0 Å². The van der Waals surface area contributed by atoms with Gasteiger partial charge in [-0.15, -0.1) is 0 Å². The first kappa shape index (κ1) is 15.9. The van der Waals surface area contributed by atoms with Crippen molar-refractivity contribution >= 4 is 0 Å². The quantitative estimate of drug-likeness (QED) is 0.703. The van der Waals surface area contributed by atoms with Crippen molar-refractivity contribution < 1.29 is 0 Å². The number of hydrogen-bond donors (Lipinski definition) is 2. The van der Waals surface area contributed by atoms with Gasteiger partial charge in [-0.1, -0.05) is 41.5 Å². The zero-order chi connectivity index (χ0) is 12.8. The second-order valence-electron chi connectivity index (χ2n) is 6.70. The Kier molecular flexibility index (Phi) is 7.25. The molecule has 0 fully saturated rings. The van der Waals surface area contributed by atoms with Crippen LogP contribution in [0.2, 0.25) is 0 Å². The summed E-state index contributed by atoms with van der Waals surface area (Å²) in [4.78, 5) is 0. The molecule has 0 saturated carbocycles. The fraction of sp³-hybridized carbons (Fsp3) is 1.00. The third kappa shape index (κ3) is 8.12. The van der Waals surface area contributed by atoms with Crippen LogP contribution in [0.25, 0.3) is 0 Å². The minimum Gasteiger partial charge on any atom is -0.329 e. The lowest BCUT2D eigenvalue weighted by Gasteiger charge is -2.25. The lowest BCUT2D eigenvalue weighted by molar-refractivity contribution is 0.288. The molecule has 0 amide bonds. The summed E-state index contributed by atoms with van der Waals surface area (Å²) in [6, 6.07) is 0.474. The van der Waals surface area contributed by atoms with E-state index in [1.807, 2.05) is 0 Å². The highest BCUT2D eigenvalue weighted by atomic mass is 14.9. The van der Waals surface area contributed by atoms with Crippen molar-refractivity contribution in [2.75, 3.05) is 13.1 Å². The highest BCUT2D eigenvalue weighted by Crippen LogP contribution is 2.25. The second-order valence-corrected chi connectivity index (χ2v) is 6.70. The van der Waals surface area contributed by atoms with Gasteiger partial charge in [0.05, 0.1) is 0 Å². The number of nitrogens with one attached hydrogen (secondary N) is 1. The molecule has 0 bridgehead atoms. The molecular weight excluding hydrogens is 196 g/mol. The highest BCUT2D eigenvalue weighted by molar-refractivity contribution is 4.72. The van der Waals surface area contributed by atoms with Crippen molar-refractivity contribution in [2.24, 2.45) is 23.0 Å². The molecule has 0 spiro atoms. The van der Waals surface area contributed by atoms with Crippen LogP contribution in [-0.2, 0) is 0 Å². The largest absolute Gasteiger partial charge is 0.329 e. The van der Waals surface area contributed by atoms with Crippen LogP contribution in [0, 0.1) is 17.3 Å². The van der Waals surface area contributed by atoms with E-state index in [0.29, 0.717) is 17.4 Å². The Morgan fingerprint density at radius 1 is 1.12 bits per heavy atom. The average molecular weight is 228 g/mol. The molecule has 0 radical (unpaired) electrons. The Bertz CT molecular complexity index is 170. The number of rotatable bonds is 7. The monoisotopic (exact) mass is 228 g/mol. The molecule has 0 aliphatic heterocycles. The van der Waals surface area contributed by atoms with E-state index >= 15 is 0 Å². The molecule has 0 aromatic rings. The van der Waals surface area contributed by atoms with Crippen molar-refractivity contribution in [3.63, 3.8) is 0 Å². The lowest BCUT2D eigenvalue weighted by atomic mass is 9.84. The van der Waals surface area contributed by atoms with E-state index in [9.17, 15) is 0 Å². The predicted molar refractivity (Wildman–Crippen MR) is 73.5 cm³/mol. The number of nitrogens with two attached hydrogens (primary N) is 1. The molecule has 3 N–H and O–H groups in total. The van der Waals surface area contributed by atoms with Crippen molar-refractivity contribution in [1.29, 1.82) is 0 Å². The number of hydrogen-bond acceptors (Lipinski definition) is 2. The van der Waals surface area contributed by atoms with Crippen LogP contribution >= 0.6 is 0 Å². The summed E-state index contributed by atoms with van der Waals surface area (Å²) in [6.07, 6.45) is 2.55. The molecule has 16 heavy (non-hydrogen) atoms. The Morgan fingerprint density at radius 3 is 2.06 bits per heavy atom. The Morgan fingerprint density at radius 2 is 1.69 bits per heavy atom. The van der Waals surface area contributed by atoms with Gasteiger partial charge in [-0.3, -0.25) is 0 Å². The summed E-state index contributed by atoms with van der Waals surface area (Å²) >= 11 is 0. The first-order valence-corrected chi connectivity index (χ1v) is 6.69. The van der Waals surface area contributed by atoms with Crippen molar-refractivity contribution in [2.45, 2.75) is 60.4 Å². The molecule has 0 aromatic carbocycles. The molecule has 0 aliphatic carbocycles. The van der Waals surface area contributed by atoms with E-state index in [-0.39, 0.29) is 0 Å². The zero-order valence-corrected chi connectivity index (χ0v) is 12.1. The summed E-state index contributed by atoms with van der Waals surface area (Å²) in [5.74, 6) is 1.42. The summed E-state index contributed by atoms with van der Waals surface area (Å²) < 4.78 is 0. The van der Waals surface area contributed by atoms with Crippen LogP contribution in [0.4, 0.5) is 0 Å². The van der Waals surface area contributed by atoms with Crippen LogP contribution in [0.15, 0.2) is 0 Å². The van der Waals surface area contributed by atoms with E-state index in [0.717, 1.165) is 19.0 Å². The predicted octanol–water partition coefficient (Wildman–Crippen LogP) is 3.02. The first-order valence-electron chi connectivity index (χ1n) is 6.69. The maximum absolute atomic E-state index is 5.73. The smallest absolute Gasteiger partial charge is 0.0213 e. The SMILES string of the molecule is CC(CCNC(CN)C(C)C)CC(C)(C)C.